The molecule has 3 heteroatoms. The molecule has 0 atom stereocenters. The van der Waals surface area contributed by atoms with Crippen molar-refractivity contribution in [1.82, 2.24) is 1.10 Å². The third-order valence-electron chi connectivity index (χ3n) is 0.568. The van der Waals surface area contributed by atoms with Crippen molar-refractivity contribution in [3.05, 3.63) is 12.3 Å². The van der Waals surface area contributed by atoms with Crippen molar-refractivity contribution in [2.24, 2.45) is 0 Å². The van der Waals surface area contributed by atoms with Gasteiger partial charge in [-0.25, -0.2) is 0 Å². The Morgan fingerprint density at radius 2 is 2.50 bits per heavy atom. The minimum atomic E-state index is -0.323. The molecule has 0 bridgehead atoms. The van der Waals surface area contributed by atoms with E-state index in [1.807, 2.05) is 0 Å². The number of hydrogen-bond acceptors (Lipinski definition) is 1. The first-order chi connectivity index (χ1) is 2.89. The fourth-order valence-corrected chi connectivity index (χ4v) is 3.35. The Kier molecular flexibility index (Phi) is 2.02. The average molecular weight is 295 g/mol. The second-order valence-corrected chi connectivity index (χ2v) is 8.68. The normalized spacial score (nSPS) is 15.8. The first-order valence-electron chi connectivity index (χ1n) is 1.69. The summed E-state index contributed by atoms with van der Waals surface area (Å²) >= 11 is 2.01. The van der Waals surface area contributed by atoms with E-state index in [2.05, 4.69) is 40.0 Å². The Morgan fingerprint density at radius 1 is 1.67 bits per heavy atom. The van der Waals surface area contributed by atoms with Gasteiger partial charge in [0.2, 0.25) is 0 Å². The van der Waals surface area contributed by atoms with Crippen LogP contribution in [-0.2, 0) is 0 Å². The average Bonchev–Trinajstić information content (AvgIpc) is 1.86. The molecule has 0 fully saturated rings. The van der Waals surface area contributed by atoms with Crippen molar-refractivity contribution in [1.29, 1.82) is 0 Å². The Labute approximate surface area is 62.1 Å². The molecule has 0 saturated carbocycles. The van der Waals surface area contributed by atoms with Crippen LogP contribution in [0, 0.1) is 0 Å². The van der Waals surface area contributed by atoms with E-state index in [0.717, 1.165) is 0 Å². The molecule has 0 unspecified atom stereocenters. The molecule has 6 heavy (non-hydrogen) atoms. The Morgan fingerprint density at radius 3 is 2.67 bits per heavy atom. The van der Waals surface area contributed by atoms with Crippen molar-refractivity contribution < 1.29 is 0 Å². The summed E-state index contributed by atoms with van der Waals surface area (Å²) in [6.45, 7) is 0. The minimum absolute atomic E-state index is 0.323. The monoisotopic (exact) mass is 295 g/mol. The van der Waals surface area contributed by atoms with Crippen LogP contribution in [0.15, 0.2) is 12.3 Å². The van der Waals surface area contributed by atoms with E-state index in [9.17, 15) is 0 Å². The van der Waals surface area contributed by atoms with Gasteiger partial charge < -0.3 is 0 Å². The van der Waals surface area contributed by atoms with Gasteiger partial charge in [0.05, 0.1) is 0 Å². The van der Waals surface area contributed by atoms with Crippen LogP contribution in [0.4, 0.5) is 0 Å². The van der Waals surface area contributed by atoms with Crippen LogP contribution in [0.5, 0.6) is 0 Å². The van der Waals surface area contributed by atoms with Crippen LogP contribution in [0.25, 0.3) is 0 Å². The first-order valence-corrected chi connectivity index (χ1v) is 6.03. The molecule has 0 N–H and O–H groups in total. The number of nitrogens with zero attached hydrogens (tertiary/aromatic N) is 1. The van der Waals surface area contributed by atoms with Gasteiger partial charge in [-0.05, 0) is 0 Å². The maximum absolute atomic E-state index is 2.33. The van der Waals surface area contributed by atoms with Crippen molar-refractivity contribution in [3.63, 3.8) is 0 Å². The molecule has 0 saturated heterocycles. The summed E-state index contributed by atoms with van der Waals surface area (Å²) < 4.78 is 4.59. The molecule has 1 nitrogen and oxygen atoms in total. The molecule has 0 aromatic rings. The SMILES string of the molecule is I[N]1C=C[CH]=[In]1. The summed E-state index contributed by atoms with van der Waals surface area (Å²) in [5.41, 5.74) is 0. The van der Waals surface area contributed by atoms with Crippen molar-refractivity contribution in [2.75, 3.05) is 0 Å². The summed E-state index contributed by atoms with van der Waals surface area (Å²) in [6, 6.07) is 0. The van der Waals surface area contributed by atoms with Gasteiger partial charge in [-0.2, -0.15) is 0 Å². The summed E-state index contributed by atoms with van der Waals surface area (Å²) in [4.78, 5) is 0. The Hall–Kier alpha value is 1.01. The summed E-state index contributed by atoms with van der Waals surface area (Å²) in [5.74, 6) is 0. The van der Waals surface area contributed by atoms with Crippen LogP contribution in [-0.4, -0.2) is 27.6 Å². The zero-order valence-electron chi connectivity index (χ0n) is 3.13. The zero-order chi connectivity index (χ0) is 4.41. The Balaban J connectivity index is 2.60. The van der Waals surface area contributed by atoms with Gasteiger partial charge in [-0.1, -0.05) is 0 Å². The number of rotatable bonds is 0. The molecule has 30 valence electrons. The fraction of sp³-hybridized carbons (Fsp3) is 0. The quantitative estimate of drug-likeness (QED) is 0.467. The molecule has 0 aromatic heterocycles. The number of halogens is 1. The zero-order valence-corrected chi connectivity index (χ0v) is 8.59. The molecular weight excluding hydrogens is 292 g/mol. The second-order valence-electron chi connectivity index (χ2n) is 1.03. The van der Waals surface area contributed by atoms with Gasteiger partial charge in [-0.15, -0.1) is 0 Å². The topological polar surface area (TPSA) is 3.24 Å². The van der Waals surface area contributed by atoms with E-state index in [1.54, 1.807) is 0 Å². The van der Waals surface area contributed by atoms with E-state index in [1.165, 1.54) is 0 Å². The summed E-state index contributed by atoms with van der Waals surface area (Å²) in [7, 11) is 0. The first kappa shape index (κ1) is 5.15. The van der Waals surface area contributed by atoms with Crippen molar-refractivity contribution in [2.45, 2.75) is 0 Å². The third-order valence-corrected chi connectivity index (χ3v) is 5.48. The fourth-order valence-electron chi connectivity index (χ4n) is 0.314. The van der Waals surface area contributed by atoms with Crippen molar-refractivity contribution in [3.8, 4) is 0 Å². The molecule has 0 amide bonds. The maximum atomic E-state index is 2.33. The van der Waals surface area contributed by atoms with Crippen LogP contribution in [0.1, 0.15) is 0 Å². The molecule has 1 aliphatic rings. The van der Waals surface area contributed by atoms with E-state index in [4.69, 9.17) is 0 Å². The van der Waals surface area contributed by atoms with Gasteiger partial charge in [0.15, 0.2) is 0 Å². The van der Waals surface area contributed by atoms with E-state index in [-0.39, 0.29) is 22.7 Å². The molecule has 0 spiro atoms. The van der Waals surface area contributed by atoms with E-state index >= 15 is 0 Å². The molecule has 1 heterocycles. The molecular formula is C3H3IInN. The van der Waals surface area contributed by atoms with Gasteiger partial charge >= 0.3 is 62.7 Å². The van der Waals surface area contributed by atoms with Gasteiger partial charge in [0, 0.05) is 0 Å². The summed E-state index contributed by atoms with van der Waals surface area (Å²) in [5, 5.41) is 0. The predicted molar refractivity (Wildman–Crippen MR) is 36.8 cm³/mol. The van der Waals surface area contributed by atoms with Gasteiger partial charge in [0.1, 0.15) is 0 Å². The molecule has 1 aliphatic heterocycles. The van der Waals surface area contributed by atoms with Gasteiger partial charge in [-0.3, -0.25) is 0 Å². The van der Waals surface area contributed by atoms with Gasteiger partial charge in [0.25, 0.3) is 0 Å². The van der Waals surface area contributed by atoms with Crippen molar-refractivity contribution >= 4 is 49.3 Å². The van der Waals surface area contributed by atoms with E-state index < -0.39 is 0 Å². The Bertz CT molecular complexity index is 87.0. The molecule has 0 radical (unpaired) electrons. The van der Waals surface area contributed by atoms with Crippen LogP contribution in [0.2, 0.25) is 0 Å². The number of allylic oxidation sites excluding steroid dienone is 1. The molecule has 0 aromatic carbocycles. The summed E-state index contributed by atoms with van der Waals surface area (Å²) in [6.07, 6.45) is 4.26. The van der Waals surface area contributed by atoms with Crippen LogP contribution < -0.4 is 0 Å². The molecule has 1 rings (SSSR count). The van der Waals surface area contributed by atoms with Crippen LogP contribution in [0.3, 0.4) is 0 Å². The number of hydrogen-bond donors (Lipinski definition) is 0. The molecule has 0 aliphatic carbocycles. The third kappa shape index (κ3) is 1.26. The predicted octanol–water partition coefficient (Wildman–Crippen LogP) is 0.587. The standard InChI is InChI=1S/C3H3IN.In/c1-2-3-5-4;/h1-3H;/q-1;+1. The van der Waals surface area contributed by atoms with Crippen LogP contribution >= 0.6 is 22.9 Å². The van der Waals surface area contributed by atoms with E-state index in [0.29, 0.717) is 0 Å². The second kappa shape index (κ2) is 2.35.